The lowest BCUT2D eigenvalue weighted by atomic mass is 10.1. The van der Waals surface area contributed by atoms with Gasteiger partial charge in [0.05, 0.1) is 10.7 Å². The number of guanidine groups is 1. The fraction of sp³-hybridized carbons (Fsp3) is 0.385. The number of anilines is 1. The molecule has 0 atom stereocenters. The van der Waals surface area contributed by atoms with E-state index in [0.717, 1.165) is 18.4 Å². The zero-order valence-corrected chi connectivity index (χ0v) is 11.9. The van der Waals surface area contributed by atoms with Gasteiger partial charge in [0.25, 0.3) is 0 Å². The Hall–Kier alpha value is -1.75. The van der Waals surface area contributed by atoms with Crippen LogP contribution >= 0.6 is 11.6 Å². The van der Waals surface area contributed by atoms with Crippen LogP contribution < -0.4 is 16.4 Å². The van der Waals surface area contributed by atoms with Gasteiger partial charge in [0.2, 0.25) is 0 Å². The van der Waals surface area contributed by atoms with E-state index in [1.54, 1.807) is 6.07 Å². The molecule has 1 aromatic carbocycles. The van der Waals surface area contributed by atoms with Crippen LogP contribution in [0.2, 0.25) is 5.02 Å². The first-order valence-electron chi connectivity index (χ1n) is 6.23. The molecule has 0 fully saturated rings. The number of nitrogens with two attached hydrogens (primary N) is 1. The van der Waals surface area contributed by atoms with Crippen molar-refractivity contribution in [3.05, 3.63) is 28.8 Å². The van der Waals surface area contributed by atoms with E-state index < -0.39 is 6.03 Å². The molecule has 0 saturated heterocycles. The van der Waals surface area contributed by atoms with Crippen LogP contribution in [0.4, 0.5) is 10.5 Å². The van der Waals surface area contributed by atoms with Crippen LogP contribution in [0.5, 0.6) is 0 Å². The van der Waals surface area contributed by atoms with Crippen molar-refractivity contribution in [3.8, 4) is 0 Å². The van der Waals surface area contributed by atoms with E-state index in [0.29, 0.717) is 17.3 Å². The molecule has 0 aliphatic rings. The van der Waals surface area contributed by atoms with E-state index in [4.69, 9.17) is 17.3 Å². The Morgan fingerprint density at radius 1 is 1.42 bits per heavy atom. The van der Waals surface area contributed by atoms with Gasteiger partial charge < -0.3 is 11.1 Å². The first-order valence-corrected chi connectivity index (χ1v) is 6.61. The van der Waals surface area contributed by atoms with E-state index in [-0.39, 0.29) is 5.96 Å². The van der Waals surface area contributed by atoms with Crippen LogP contribution in [0.1, 0.15) is 25.8 Å². The molecule has 0 radical (unpaired) electrons. The number of urea groups is 1. The van der Waals surface area contributed by atoms with Crippen molar-refractivity contribution in [2.75, 3.05) is 11.9 Å². The van der Waals surface area contributed by atoms with Crippen LogP contribution in [-0.4, -0.2) is 18.5 Å². The third kappa shape index (κ3) is 4.79. The van der Waals surface area contributed by atoms with E-state index in [1.807, 2.05) is 26.0 Å². The van der Waals surface area contributed by atoms with Crippen molar-refractivity contribution >= 4 is 29.3 Å². The molecule has 0 saturated carbocycles. The Morgan fingerprint density at radius 2 is 2.16 bits per heavy atom. The summed E-state index contributed by atoms with van der Waals surface area (Å²) in [6, 6.07) is 5.04. The monoisotopic (exact) mass is 282 g/mol. The van der Waals surface area contributed by atoms with Gasteiger partial charge in [-0.3, -0.25) is 10.3 Å². The fourth-order valence-corrected chi connectivity index (χ4v) is 1.78. The molecule has 19 heavy (non-hydrogen) atoms. The minimum Gasteiger partial charge on any atom is -0.370 e. The van der Waals surface area contributed by atoms with Crippen molar-refractivity contribution in [2.24, 2.45) is 10.7 Å². The molecule has 0 spiro atoms. The summed E-state index contributed by atoms with van der Waals surface area (Å²) in [7, 11) is 0. The molecular formula is C13H19ClN4O. The number of nitrogens with zero attached hydrogens (tertiary/aromatic N) is 1. The maximum atomic E-state index is 11.8. The Labute approximate surface area is 118 Å². The molecule has 1 aromatic rings. The summed E-state index contributed by atoms with van der Waals surface area (Å²) < 4.78 is 0. The highest BCUT2D eigenvalue weighted by Crippen LogP contribution is 2.26. The summed E-state index contributed by atoms with van der Waals surface area (Å²) in [5.41, 5.74) is 7.14. The van der Waals surface area contributed by atoms with Crippen molar-refractivity contribution in [1.82, 2.24) is 5.32 Å². The topological polar surface area (TPSA) is 79.5 Å². The van der Waals surface area contributed by atoms with Crippen molar-refractivity contribution in [3.63, 3.8) is 0 Å². The van der Waals surface area contributed by atoms with Crippen LogP contribution in [0.15, 0.2) is 23.2 Å². The first-order chi connectivity index (χ1) is 9.08. The summed E-state index contributed by atoms with van der Waals surface area (Å²) in [6.45, 7) is 4.55. The number of benzene rings is 1. The average Bonchev–Trinajstić information content (AvgIpc) is 2.38. The Balaban J connectivity index is 2.72. The van der Waals surface area contributed by atoms with Crippen LogP contribution in [0.3, 0.4) is 0 Å². The van der Waals surface area contributed by atoms with E-state index in [2.05, 4.69) is 15.6 Å². The molecule has 1 rings (SSSR count). The minimum atomic E-state index is -0.444. The summed E-state index contributed by atoms with van der Waals surface area (Å²) in [5.74, 6) is 0.101. The number of rotatable bonds is 4. The van der Waals surface area contributed by atoms with Crippen LogP contribution in [-0.2, 0) is 6.42 Å². The number of hydrogen-bond acceptors (Lipinski definition) is 2. The summed E-state index contributed by atoms with van der Waals surface area (Å²) in [6.07, 6.45) is 1.64. The van der Waals surface area contributed by atoms with E-state index in [9.17, 15) is 4.79 Å². The predicted molar refractivity (Wildman–Crippen MR) is 79.8 cm³/mol. The third-order valence-corrected chi connectivity index (χ3v) is 2.78. The zero-order chi connectivity index (χ0) is 14.3. The molecule has 6 heteroatoms. The Kier molecular flexibility index (Phi) is 6.15. The quantitative estimate of drug-likeness (QED) is 0.586. The summed E-state index contributed by atoms with van der Waals surface area (Å²) in [5, 5.41) is 5.65. The molecule has 0 heterocycles. The number of carbonyl (C=O) groups is 1. The molecule has 4 N–H and O–H groups in total. The maximum Gasteiger partial charge on any atom is 0.326 e. The number of amides is 2. The molecule has 0 bridgehead atoms. The SMILES string of the molecule is CCCN=C(N)NC(=O)Nc1c(Cl)cccc1CC. The molecule has 2 amide bonds. The highest BCUT2D eigenvalue weighted by atomic mass is 35.5. The molecule has 104 valence electrons. The van der Waals surface area contributed by atoms with Gasteiger partial charge in [0, 0.05) is 6.54 Å². The van der Waals surface area contributed by atoms with Crippen molar-refractivity contribution in [2.45, 2.75) is 26.7 Å². The van der Waals surface area contributed by atoms with Gasteiger partial charge in [-0.15, -0.1) is 0 Å². The minimum absolute atomic E-state index is 0.101. The molecule has 0 aliphatic carbocycles. The maximum absolute atomic E-state index is 11.8. The second kappa shape index (κ2) is 7.63. The predicted octanol–water partition coefficient (Wildman–Crippen LogP) is 2.75. The molecule has 0 unspecified atom stereocenters. The van der Waals surface area contributed by atoms with Gasteiger partial charge in [-0.25, -0.2) is 4.79 Å². The number of hydrogen-bond donors (Lipinski definition) is 3. The summed E-state index contributed by atoms with van der Waals surface area (Å²) in [4.78, 5) is 15.7. The molecule has 0 aromatic heterocycles. The standard InChI is InChI=1S/C13H19ClN4O/c1-3-8-16-12(15)18-13(19)17-11-9(4-2)6-5-7-10(11)14/h5-7H,3-4,8H2,1-2H3,(H4,15,16,17,18,19). The highest BCUT2D eigenvalue weighted by Gasteiger charge is 2.10. The van der Waals surface area contributed by atoms with E-state index in [1.165, 1.54) is 0 Å². The highest BCUT2D eigenvalue weighted by molar-refractivity contribution is 6.34. The van der Waals surface area contributed by atoms with Crippen LogP contribution in [0, 0.1) is 0 Å². The average molecular weight is 283 g/mol. The van der Waals surface area contributed by atoms with Gasteiger partial charge >= 0.3 is 6.03 Å². The van der Waals surface area contributed by atoms with Gasteiger partial charge in [-0.05, 0) is 24.5 Å². The lowest BCUT2D eigenvalue weighted by Crippen LogP contribution is -2.39. The summed E-state index contributed by atoms with van der Waals surface area (Å²) >= 11 is 6.07. The number of para-hydroxylation sites is 1. The second-order valence-electron chi connectivity index (χ2n) is 3.97. The smallest absolute Gasteiger partial charge is 0.326 e. The van der Waals surface area contributed by atoms with Gasteiger partial charge in [0.1, 0.15) is 0 Å². The third-order valence-electron chi connectivity index (χ3n) is 2.47. The number of halogens is 1. The molecule has 5 nitrogen and oxygen atoms in total. The van der Waals surface area contributed by atoms with Gasteiger partial charge in [-0.1, -0.05) is 37.6 Å². The van der Waals surface area contributed by atoms with Crippen molar-refractivity contribution < 1.29 is 4.79 Å². The number of carbonyl (C=O) groups excluding carboxylic acids is 1. The van der Waals surface area contributed by atoms with Gasteiger partial charge in [-0.2, -0.15) is 0 Å². The van der Waals surface area contributed by atoms with Crippen LogP contribution in [0.25, 0.3) is 0 Å². The first kappa shape index (κ1) is 15.3. The number of aliphatic imine (C=N–C) groups is 1. The Morgan fingerprint density at radius 3 is 2.79 bits per heavy atom. The van der Waals surface area contributed by atoms with Gasteiger partial charge in [0.15, 0.2) is 5.96 Å². The molecule has 0 aliphatic heterocycles. The number of aryl methyl sites for hydroxylation is 1. The second-order valence-corrected chi connectivity index (χ2v) is 4.38. The fourth-order valence-electron chi connectivity index (χ4n) is 1.54. The normalized spacial score (nSPS) is 11.2. The van der Waals surface area contributed by atoms with Crippen molar-refractivity contribution in [1.29, 1.82) is 0 Å². The Bertz CT molecular complexity index is 474. The van der Waals surface area contributed by atoms with E-state index >= 15 is 0 Å². The lowest BCUT2D eigenvalue weighted by Gasteiger charge is -2.12. The zero-order valence-electron chi connectivity index (χ0n) is 11.2. The largest absolute Gasteiger partial charge is 0.370 e. The number of nitrogens with one attached hydrogen (secondary N) is 2. The lowest BCUT2D eigenvalue weighted by molar-refractivity contribution is 0.256. The molecular weight excluding hydrogens is 264 g/mol.